The Balaban J connectivity index is 1.63. The smallest absolute Gasteiger partial charge is 0.159 e. The summed E-state index contributed by atoms with van der Waals surface area (Å²) in [7, 11) is 0. The van der Waals surface area contributed by atoms with Gasteiger partial charge in [-0.15, -0.1) is 0 Å². The van der Waals surface area contributed by atoms with E-state index in [0.717, 1.165) is 12.0 Å². The van der Waals surface area contributed by atoms with Crippen LogP contribution in [-0.4, -0.2) is 15.1 Å². The highest BCUT2D eigenvalue weighted by molar-refractivity contribution is 5.65. The minimum atomic E-state index is 0.0892. The lowest BCUT2D eigenvalue weighted by atomic mass is 10.0. The van der Waals surface area contributed by atoms with Gasteiger partial charge in [-0.1, -0.05) is 64.7 Å². The van der Waals surface area contributed by atoms with Crippen molar-refractivity contribution in [2.75, 3.05) is 5.73 Å². The number of nitrogen functional groups attached to an aromatic ring is 1. The van der Waals surface area contributed by atoms with Crippen LogP contribution in [0.3, 0.4) is 0 Å². The Morgan fingerprint density at radius 1 is 0.846 bits per heavy atom. The Hall–Kier alpha value is -2.10. The van der Waals surface area contributed by atoms with Gasteiger partial charge in [0, 0.05) is 18.0 Å². The highest BCUT2D eigenvalue weighted by Gasteiger charge is 2.05. The zero-order valence-electron chi connectivity index (χ0n) is 16.1. The molecule has 4 nitrogen and oxygen atoms in total. The maximum Gasteiger partial charge on any atom is 0.159 e. The first kappa shape index (κ1) is 20.2. The maximum atomic E-state index is 9.49. The number of aromatic hydroxyl groups is 1. The zero-order valence-corrected chi connectivity index (χ0v) is 16.1. The van der Waals surface area contributed by atoms with E-state index in [4.69, 9.17) is 5.73 Å². The summed E-state index contributed by atoms with van der Waals surface area (Å²) in [6, 6.07) is 5.06. The standard InChI is InChI=1S/C22H33N3O/c1-2-3-4-5-6-7-8-9-10-11-12-18-16-24-22(25-17-18)19-13-14-21(26)20(23)15-19/h13-17,26H,2-12,23H2,1H3. The molecule has 0 aliphatic carbocycles. The number of rotatable bonds is 12. The van der Waals surface area contributed by atoms with E-state index in [2.05, 4.69) is 16.9 Å². The molecule has 1 aromatic carbocycles. The number of anilines is 1. The Morgan fingerprint density at radius 2 is 1.42 bits per heavy atom. The second-order valence-corrected chi connectivity index (χ2v) is 7.12. The molecule has 142 valence electrons. The van der Waals surface area contributed by atoms with E-state index >= 15 is 0 Å². The SMILES string of the molecule is CCCCCCCCCCCCc1cnc(-c2ccc(O)c(N)c2)nc1. The lowest BCUT2D eigenvalue weighted by Crippen LogP contribution is -1.94. The van der Waals surface area contributed by atoms with Crippen LogP contribution < -0.4 is 5.73 Å². The van der Waals surface area contributed by atoms with E-state index in [9.17, 15) is 5.11 Å². The summed E-state index contributed by atoms with van der Waals surface area (Å²) < 4.78 is 0. The Kier molecular flexibility index (Phi) is 8.94. The lowest BCUT2D eigenvalue weighted by molar-refractivity contribution is 0.478. The molecule has 26 heavy (non-hydrogen) atoms. The van der Waals surface area contributed by atoms with Gasteiger partial charge in [0.2, 0.25) is 0 Å². The van der Waals surface area contributed by atoms with Crippen LogP contribution in [0.25, 0.3) is 11.4 Å². The number of nitrogens with two attached hydrogens (primary N) is 1. The molecule has 1 aromatic heterocycles. The van der Waals surface area contributed by atoms with Crippen molar-refractivity contribution < 1.29 is 5.11 Å². The predicted octanol–water partition coefficient (Wildman–Crippen LogP) is 5.89. The summed E-state index contributed by atoms with van der Waals surface area (Å²) >= 11 is 0. The number of phenols is 1. The van der Waals surface area contributed by atoms with E-state index < -0.39 is 0 Å². The molecular weight excluding hydrogens is 322 g/mol. The van der Waals surface area contributed by atoms with E-state index in [0.29, 0.717) is 11.5 Å². The summed E-state index contributed by atoms with van der Waals surface area (Å²) in [5, 5.41) is 9.49. The average Bonchev–Trinajstić information content (AvgIpc) is 2.66. The van der Waals surface area contributed by atoms with Crippen LogP contribution in [0.2, 0.25) is 0 Å². The summed E-state index contributed by atoms with van der Waals surface area (Å²) in [4.78, 5) is 8.87. The van der Waals surface area contributed by atoms with Crippen LogP contribution in [0.5, 0.6) is 5.75 Å². The third-order valence-corrected chi connectivity index (χ3v) is 4.81. The van der Waals surface area contributed by atoms with E-state index in [1.54, 1.807) is 18.2 Å². The molecule has 2 rings (SSSR count). The molecule has 0 unspecified atom stereocenters. The molecule has 0 bridgehead atoms. The molecule has 0 saturated heterocycles. The van der Waals surface area contributed by atoms with Gasteiger partial charge in [-0.3, -0.25) is 0 Å². The van der Waals surface area contributed by atoms with Crippen molar-refractivity contribution in [2.24, 2.45) is 0 Å². The molecule has 0 atom stereocenters. The van der Waals surface area contributed by atoms with Crippen LogP contribution >= 0.6 is 0 Å². The normalized spacial score (nSPS) is 11.0. The van der Waals surface area contributed by atoms with Crippen molar-refractivity contribution in [2.45, 2.75) is 77.6 Å². The van der Waals surface area contributed by atoms with Crippen LogP contribution in [0.15, 0.2) is 30.6 Å². The van der Waals surface area contributed by atoms with Gasteiger partial charge in [0.1, 0.15) is 5.75 Å². The summed E-state index contributed by atoms with van der Waals surface area (Å²) in [6.07, 6.45) is 18.3. The second-order valence-electron chi connectivity index (χ2n) is 7.12. The summed E-state index contributed by atoms with van der Waals surface area (Å²) in [6.45, 7) is 2.27. The summed E-state index contributed by atoms with van der Waals surface area (Å²) in [5.74, 6) is 0.731. The van der Waals surface area contributed by atoms with Gasteiger partial charge in [-0.05, 0) is 36.6 Å². The first-order chi connectivity index (χ1) is 12.7. The van der Waals surface area contributed by atoms with Crippen molar-refractivity contribution in [1.82, 2.24) is 9.97 Å². The van der Waals surface area contributed by atoms with Crippen molar-refractivity contribution in [3.05, 3.63) is 36.2 Å². The maximum absolute atomic E-state index is 9.49. The third kappa shape index (κ3) is 7.03. The molecule has 2 aromatic rings. The Labute approximate surface area is 157 Å². The van der Waals surface area contributed by atoms with Crippen molar-refractivity contribution >= 4 is 5.69 Å². The minimum absolute atomic E-state index is 0.0892. The number of benzene rings is 1. The van der Waals surface area contributed by atoms with E-state index in [1.165, 1.54) is 69.8 Å². The van der Waals surface area contributed by atoms with Gasteiger partial charge in [0.25, 0.3) is 0 Å². The van der Waals surface area contributed by atoms with E-state index in [1.807, 2.05) is 12.4 Å². The van der Waals surface area contributed by atoms with Gasteiger partial charge in [0.05, 0.1) is 5.69 Å². The molecule has 4 heteroatoms. The van der Waals surface area contributed by atoms with Crippen LogP contribution in [0, 0.1) is 0 Å². The largest absolute Gasteiger partial charge is 0.506 e. The zero-order chi connectivity index (χ0) is 18.6. The molecule has 0 fully saturated rings. The molecule has 0 aliphatic heterocycles. The topological polar surface area (TPSA) is 72.0 Å². The molecular formula is C22H33N3O. The fraction of sp³-hybridized carbons (Fsp3) is 0.545. The molecule has 0 amide bonds. The van der Waals surface area contributed by atoms with Crippen LogP contribution in [0.4, 0.5) is 5.69 Å². The van der Waals surface area contributed by atoms with Gasteiger partial charge < -0.3 is 10.8 Å². The Morgan fingerprint density at radius 3 is 2.00 bits per heavy atom. The molecule has 0 aliphatic rings. The van der Waals surface area contributed by atoms with Crippen LogP contribution in [0.1, 0.15) is 76.7 Å². The minimum Gasteiger partial charge on any atom is -0.506 e. The predicted molar refractivity (Wildman–Crippen MR) is 109 cm³/mol. The third-order valence-electron chi connectivity index (χ3n) is 4.81. The molecule has 3 N–H and O–H groups in total. The van der Waals surface area contributed by atoms with Gasteiger partial charge >= 0.3 is 0 Å². The van der Waals surface area contributed by atoms with E-state index in [-0.39, 0.29) is 5.75 Å². The highest BCUT2D eigenvalue weighted by Crippen LogP contribution is 2.25. The molecule has 0 spiro atoms. The fourth-order valence-corrected chi connectivity index (χ4v) is 3.14. The number of hydrogen-bond donors (Lipinski definition) is 2. The molecule has 0 radical (unpaired) electrons. The number of hydrogen-bond acceptors (Lipinski definition) is 4. The van der Waals surface area contributed by atoms with Crippen molar-refractivity contribution in [3.8, 4) is 17.1 Å². The van der Waals surface area contributed by atoms with Gasteiger partial charge in [-0.25, -0.2) is 9.97 Å². The second kappa shape index (κ2) is 11.5. The first-order valence-electron chi connectivity index (χ1n) is 10.1. The monoisotopic (exact) mass is 355 g/mol. The lowest BCUT2D eigenvalue weighted by Gasteiger charge is -2.05. The highest BCUT2D eigenvalue weighted by atomic mass is 16.3. The van der Waals surface area contributed by atoms with Crippen LogP contribution in [-0.2, 0) is 6.42 Å². The van der Waals surface area contributed by atoms with Gasteiger partial charge in [0.15, 0.2) is 5.82 Å². The average molecular weight is 356 g/mol. The number of phenolic OH excluding ortho intramolecular Hbond substituents is 1. The fourth-order valence-electron chi connectivity index (χ4n) is 3.14. The molecule has 1 heterocycles. The van der Waals surface area contributed by atoms with Gasteiger partial charge in [-0.2, -0.15) is 0 Å². The number of aryl methyl sites for hydroxylation is 1. The van der Waals surface area contributed by atoms with Crippen molar-refractivity contribution in [1.29, 1.82) is 0 Å². The Bertz CT molecular complexity index is 640. The number of unbranched alkanes of at least 4 members (excludes halogenated alkanes) is 9. The first-order valence-corrected chi connectivity index (χ1v) is 10.1. The summed E-state index contributed by atoms with van der Waals surface area (Å²) in [5.41, 5.74) is 8.08. The van der Waals surface area contributed by atoms with Crippen molar-refractivity contribution in [3.63, 3.8) is 0 Å². The number of nitrogens with zero attached hydrogens (tertiary/aromatic N) is 2. The number of aromatic nitrogens is 2. The quantitative estimate of drug-likeness (QED) is 0.283. The molecule has 0 saturated carbocycles.